The molecular weight excluding hydrogens is 370 g/mol. The van der Waals surface area contributed by atoms with Crippen LogP contribution in [0.1, 0.15) is 37.2 Å². The fourth-order valence-electron chi connectivity index (χ4n) is 3.07. The number of para-hydroxylation sites is 1. The molecule has 0 fully saturated rings. The van der Waals surface area contributed by atoms with Crippen molar-refractivity contribution >= 4 is 22.4 Å². The fraction of sp³-hybridized carbons (Fsp3) is 0.381. The lowest BCUT2D eigenvalue weighted by molar-refractivity contribution is -0.116. The van der Waals surface area contributed by atoms with Crippen LogP contribution in [-0.4, -0.2) is 33.8 Å². The lowest BCUT2D eigenvalue weighted by Crippen LogP contribution is -2.27. The fourth-order valence-corrected chi connectivity index (χ4v) is 4.00. The molecule has 0 saturated heterocycles. The van der Waals surface area contributed by atoms with Gasteiger partial charge < -0.3 is 5.32 Å². The summed E-state index contributed by atoms with van der Waals surface area (Å²) in [7, 11) is 0. The van der Waals surface area contributed by atoms with Crippen LogP contribution in [-0.2, 0) is 17.8 Å². The third-order valence-corrected chi connectivity index (χ3v) is 5.51. The summed E-state index contributed by atoms with van der Waals surface area (Å²) in [6.07, 6.45) is 4.15. The molecule has 2 heterocycles. The van der Waals surface area contributed by atoms with Gasteiger partial charge in [0.1, 0.15) is 0 Å². The smallest absolute Gasteiger partial charge is 0.225 e. The highest BCUT2D eigenvalue weighted by Crippen LogP contribution is 2.20. The standard InChI is InChI=1S/C21H27N5OS/c1-4-25(17(3)27)21-23-19(15-28-21)13-22-12-8-9-18-14-26(24-16(18)2)20-10-6-5-7-11-20/h5-7,10-11,14-15,22H,4,8-9,12-13H2,1-3H3. The van der Waals surface area contributed by atoms with Crippen LogP contribution in [0.25, 0.3) is 5.69 Å². The Morgan fingerprint density at radius 2 is 2.07 bits per heavy atom. The first-order chi connectivity index (χ1) is 13.6. The van der Waals surface area contributed by atoms with E-state index >= 15 is 0 Å². The molecule has 7 heteroatoms. The highest BCUT2D eigenvalue weighted by molar-refractivity contribution is 7.14. The minimum absolute atomic E-state index is 0.0304. The number of anilines is 1. The number of thiazole rings is 1. The zero-order valence-electron chi connectivity index (χ0n) is 16.7. The summed E-state index contributed by atoms with van der Waals surface area (Å²) in [5.41, 5.74) is 4.42. The molecule has 0 saturated carbocycles. The summed E-state index contributed by atoms with van der Waals surface area (Å²) in [4.78, 5) is 17.9. The Bertz CT molecular complexity index is 903. The van der Waals surface area contributed by atoms with Crippen LogP contribution in [0.15, 0.2) is 41.9 Å². The normalized spacial score (nSPS) is 11.0. The largest absolute Gasteiger partial charge is 0.311 e. The van der Waals surface area contributed by atoms with Crippen LogP contribution in [0.3, 0.4) is 0 Å². The molecule has 148 valence electrons. The molecule has 6 nitrogen and oxygen atoms in total. The quantitative estimate of drug-likeness (QED) is 0.559. The van der Waals surface area contributed by atoms with E-state index in [2.05, 4.69) is 40.7 Å². The van der Waals surface area contributed by atoms with Crippen molar-refractivity contribution in [2.24, 2.45) is 0 Å². The second-order valence-electron chi connectivity index (χ2n) is 6.68. The Morgan fingerprint density at radius 1 is 1.29 bits per heavy atom. The molecule has 0 spiro atoms. The van der Waals surface area contributed by atoms with E-state index in [1.165, 1.54) is 16.9 Å². The van der Waals surface area contributed by atoms with Crippen molar-refractivity contribution in [2.45, 2.75) is 40.2 Å². The molecule has 28 heavy (non-hydrogen) atoms. The molecule has 0 aliphatic heterocycles. The van der Waals surface area contributed by atoms with Crippen LogP contribution in [0.5, 0.6) is 0 Å². The van der Waals surface area contributed by atoms with Crippen molar-refractivity contribution in [3.8, 4) is 5.69 Å². The third-order valence-electron chi connectivity index (χ3n) is 4.59. The van der Waals surface area contributed by atoms with Crippen molar-refractivity contribution < 1.29 is 4.79 Å². The van der Waals surface area contributed by atoms with Gasteiger partial charge in [-0.2, -0.15) is 5.10 Å². The average molecular weight is 398 g/mol. The molecular formula is C21H27N5OS. The van der Waals surface area contributed by atoms with Crippen LogP contribution in [0.2, 0.25) is 0 Å². The van der Waals surface area contributed by atoms with Gasteiger partial charge in [0.25, 0.3) is 0 Å². The molecule has 1 aromatic carbocycles. The maximum atomic E-state index is 11.6. The first kappa shape index (κ1) is 20.2. The molecule has 3 aromatic rings. The van der Waals surface area contributed by atoms with Crippen LogP contribution in [0.4, 0.5) is 5.13 Å². The summed E-state index contributed by atoms with van der Waals surface area (Å²) in [6, 6.07) is 10.2. The summed E-state index contributed by atoms with van der Waals surface area (Å²) < 4.78 is 1.95. The molecule has 3 rings (SSSR count). The van der Waals surface area contributed by atoms with Gasteiger partial charge in [-0.05, 0) is 50.9 Å². The minimum atomic E-state index is 0.0304. The Kier molecular flexibility index (Phi) is 6.95. The lowest BCUT2D eigenvalue weighted by atomic mass is 10.1. The van der Waals surface area contributed by atoms with E-state index in [9.17, 15) is 4.79 Å². The van der Waals surface area contributed by atoms with Crippen molar-refractivity contribution in [3.05, 3.63) is 58.9 Å². The Labute approximate surface area is 170 Å². The monoisotopic (exact) mass is 397 g/mol. The van der Waals surface area contributed by atoms with Crippen molar-refractivity contribution in [1.82, 2.24) is 20.1 Å². The number of nitrogens with one attached hydrogen (secondary N) is 1. The van der Waals surface area contributed by atoms with Gasteiger partial charge in [0, 0.05) is 31.6 Å². The van der Waals surface area contributed by atoms with E-state index in [0.29, 0.717) is 13.1 Å². The number of aryl methyl sites for hydroxylation is 2. The third kappa shape index (κ3) is 5.05. The second kappa shape index (κ2) is 9.61. The van der Waals surface area contributed by atoms with Crippen molar-refractivity contribution in [1.29, 1.82) is 0 Å². The summed E-state index contributed by atoms with van der Waals surface area (Å²) in [5, 5.41) is 10.9. The predicted octanol–water partition coefficient (Wildman–Crippen LogP) is 3.73. The van der Waals surface area contributed by atoms with E-state index in [1.54, 1.807) is 11.8 Å². The molecule has 0 aliphatic rings. The van der Waals surface area contributed by atoms with Gasteiger partial charge in [0.05, 0.1) is 17.1 Å². The number of amides is 1. The summed E-state index contributed by atoms with van der Waals surface area (Å²) in [6.45, 7) is 7.87. The van der Waals surface area contributed by atoms with Gasteiger partial charge in [0.2, 0.25) is 5.91 Å². The number of hydrogen-bond acceptors (Lipinski definition) is 5. The number of nitrogens with zero attached hydrogens (tertiary/aromatic N) is 4. The van der Waals surface area contributed by atoms with Crippen molar-refractivity contribution in [3.63, 3.8) is 0 Å². The molecule has 0 atom stereocenters. The van der Waals surface area contributed by atoms with Gasteiger partial charge in [-0.1, -0.05) is 18.2 Å². The van der Waals surface area contributed by atoms with Crippen molar-refractivity contribution in [2.75, 3.05) is 18.0 Å². The zero-order valence-corrected chi connectivity index (χ0v) is 17.5. The zero-order chi connectivity index (χ0) is 19.9. The summed E-state index contributed by atoms with van der Waals surface area (Å²) >= 11 is 1.52. The summed E-state index contributed by atoms with van der Waals surface area (Å²) in [5.74, 6) is 0.0304. The van der Waals surface area contributed by atoms with Gasteiger partial charge in [0.15, 0.2) is 5.13 Å². The average Bonchev–Trinajstić information content (AvgIpc) is 3.30. The molecule has 1 amide bonds. The van der Waals surface area contributed by atoms with Gasteiger partial charge in [-0.25, -0.2) is 9.67 Å². The van der Waals surface area contributed by atoms with E-state index in [1.807, 2.05) is 35.2 Å². The van der Waals surface area contributed by atoms with Crippen LogP contribution in [0, 0.1) is 6.92 Å². The highest BCUT2D eigenvalue weighted by atomic mass is 32.1. The number of rotatable bonds is 9. The Morgan fingerprint density at radius 3 is 2.79 bits per heavy atom. The van der Waals surface area contributed by atoms with Crippen LogP contribution >= 0.6 is 11.3 Å². The number of carbonyl (C=O) groups is 1. The number of benzene rings is 1. The molecule has 0 radical (unpaired) electrons. The Balaban J connectivity index is 1.45. The Hall–Kier alpha value is -2.51. The van der Waals surface area contributed by atoms with Gasteiger partial charge >= 0.3 is 0 Å². The van der Waals surface area contributed by atoms with E-state index in [4.69, 9.17) is 0 Å². The topological polar surface area (TPSA) is 63.1 Å². The number of carbonyl (C=O) groups excluding carboxylic acids is 1. The molecule has 1 N–H and O–H groups in total. The van der Waals surface area contributed by atoms with Crippen LogP contribution < -0.4 is 10.2 Å². The maximum Gasteiger partial charge on any atom is 0.225 e. The minimum Gasteiger partial charge on any atom is -0.311 e. The van der Waals surface area contributed by atoms with Gasteiger partial charge in [-0.3, -0.25) is 9.69 Å². The molecule has 0 bridgehead atoms. The molecule has 0 aliphatic carbocycles. The predicted molar refractivity (Wildman–Crippen MR) is 114 cm³/mol. The SMILES string of the molecule is CCN(C(C)=O)c1nc(CNCCCc2cn(-c3ccccc3)nc2C)cs1. The van der Waals surface area contributed by atoms with E-state index in [0.717, 1.165) is 41.6 Å². The second-order valence-corrected chi connectivity index (χ2v) is 7.52. The highest BCUT2D eigenvalue weighted by Gasteiger charge is 2.13. The maximum absolute atomic E-state index is 11.6. The number of hydrogen-bond donors (Lipinski definition) is 1. The molecule has 2 aromatic heterocycles. The van der Waals surface area contributed by atoms with E-state index < -0.39 is 0 Å². The van der Waals surface area contributed by atoms with Gasteiger partial charge in [-0.15, -0.1) is 11.3 Å². The first-order valence-corrected chi connectivity index (χ1v) is 10.5. The first-order valence-electron chi connectivity index (χ1n) is 9.62. The lowest BCUT2D eigenvalue weighted by Gasteiger charge is -2.14. The molecule has 0 unspecified atom stereocenters. The van der Waals surface area contributed by atoms with E-state index in [-0.39, 0.29) is 5.91 Å². The number of aromatic nitrogens is 3.